The maximum Gasteiger partial charge on any atom is 0.312 e. The number of hydrogen-bond acceptors (Lipinski definition) is 2. The van der Waals surface area contributed by atoms with Crippen LogP contribution in [0, 0.1) is 0 Å². The molecule has 0 fully saturated rings. The summed E-state index contributed by atoms with van der Waals surface area (Å²) in [7, 11) is 0. The van der Waals surface area contributed by atoms with Crippen molar-refractivity contribution in [1.82, 2.24) is 4.98 Å². The number of hydrogen-bond donors (Lipinski definition) is 3. The van der Waals surface area contributed by atoms with Gasteiger partial charge < -0.3 is 15.8 Å². The Bertz CT molecular complexity index is 827. The van der Waals surface area contributed by atoms with E-state index in [2.05, 4.69) is 4.98 Å². The minimum atomic E-state index is -0.957. The molecule has 0 aliphatic heterocycles. The number of H-pyrrole nitrogens is 1. The van der Waals surface area contributed by atoms with Gasteiger partial charge in [-0.25, -0.2) is 0 Å². The Morgan fingerprint density at radius 3 is 2.59 bits per heavy atom. The van der Waals surface area contributed by atoms with Crippen molar-refractivity contribution in [1.29, 1.82) is 0 Å². The maximum absolute atomic E-state index is 11.4. The smallest absolute Gasteiger partial charge is 0.312 e. The number of carboxylic acid groups (broad SMARTS) is 1. The number of fused-ring (bicyclic) bond motifs is 1. The average molecular weight is 315 g/mol. The predicted molar refractivity (Wildman–Crippen MR) is 88.2 cm³/mol. The van der Waals surface area contributed by atoms with Gasteiger partial charge in [0, 0.05) is 22.6 Å². The van der Waals surface area contributed by atoms with Crippen molar-refractivity contribution in [3.05, 3.63) is 59.1 Å². The summed E-state index contributed by atoms with van der Waals surface area (Å²) in [5.74, 6) is -1.74. The lowest BCUT2D eigenvalue weighted by Gasteiger charge is -2.12. The van der Waals surface area contributed by atoms with Gasteiger partial charge in [0.25, 0.3) is 0 Å². The highest BCUT2D eigenvalue weighted by molar-refractivity contribution is 6.31. The molecule has 1 atom stereocenters. The lowest BCUT2D eigenvalue weighted by Crippen LogP contribution is -2.21. The Morgan fingerprint density at radius 1 is 1.23 bits per heavy atom. The van der Waals surface area contributed by atoms with E-state index in [0.717, 1.165) is 22.2 Å². The molecule has 5 heteroatoms. The molecule has 3 aromatic rings. The third-order valence-corrected chi connectivity index (χ3v) is 3.94. The van der Waals surface area contributed by atoms with E-state index in [1.807, 2.05) is 42.5 Å². The van der Waals surface area contributed by atoms with Crippen LogP contribution < -0.4 is 5.73 Å². The van der Waals surface area contributed by atoms with Crippen LogP contribution in [0.25, 0.3) is 22.2 Å². The molecule has 4 N–H and O–H groups in total. The van der Waals surface area contributed by atoms with Gasteiger partial charge in [0.05, 0.1) is 11.4 Å². The number of aromatic nitrogens is 1. The van der Waals surface area contributed by atoms with Crippen molar-refractivity contribution < 1.29 is 9.90 Å². The second-order valence-corrected chi connectivity index (χ2v) is 5.57. The molecule has 1 aromatic heterocycles. The minimum Gasteiger partial charge on any atom is -0.481 e. The zero-order valence-corrected chi connectivity index (χ0v) is 12.5. The Hall–Kier alpha value is -2.30. The van der Waals surface area contributed by atoms with Crippen LogP contribution in [-0.4, -0.2) is 22.6 Å². The monoisotopic (exact) mass is 314 g/mol. The molecule has 0 aliphatic rings. The second-order valence-electron chi connectivity index (χ2n) is 5.13. The van der Waals surface area contributed by atoms with Crippen molar-refractivity contribution >= 4 is 28.5 Å². The highest BCUT2D eigenvalue weighted by Gasteiger charge is 2.22. The highest BCUT2D eigenvalue weighted by Crippen LogP contribution is 2.32. The molecule has 22 heavy (non-hydrogen) atoms. The summed E-state index contributed by atoms with van der Waals surface area (Å²) in [6.45, 7) is 0.0183. The van der Waals surface area contributed by atoms with Gasteiger partial charge in [-0.15, -0.1) is 0 Å². The summed E-state index contributed by atoms with van der Waals surface area (Å²) in [4.78, 5) is 14.7. The van der Waals surface area contributed by atoms with Crippen molar-refractivity contribution in [2.24, 2.45) is 5.73 Å². The van der Waals surface area contributed by atoms with Gasteiger partial charge in [-0.2, -0.15) is 0 Å². The van der Waals surface area contributed by atoms with Gasteiger partial charge in [-0.1, -0.05) is 41.9 Å². The second kappa shape index (κ2) is 5.83. The zero-order valence-electron chi connectivity index (χ0n) is 11.7. The third-order valence-electron chi connectivity index (χ3n) is 3.72. The fourth-order valence-corrected chi connectivity index (χ4v) is 2.88. The Labute approximate surface area is 132 Å². The number of aliphatic carboxylic acids is 1. The lowest BCUT2D eigenvalue weighted by molar-refractivity contribution is -0.138. The zero-order chi connectivity index (χ0) is 15.7. The molecular formula is C17H15ClN2O2. The number of aromatic amines is 1. The van der Waals surface area contributed by atoms with Crippen LogP contribution in [0.4, 0.5) is 0 Å². The molecule has 0 saturated heterocycles. The molecule has 112 valence electrons. The van der Waals surface area contributed by atoms with Crippen molar-refractivity contribution in [2.45, 2.75) is 5.92 Å². The van der Waals surface area contributed by atoms with Crippen molar-refractivity contribution in [2.75, 3.05) is 6.54 Å². The number of rotatable bonds is 4. The largest absolute Gasteiger partial charge is 0.481 e. The normalized spacial score (nSPS) is 12.5. The van der Waals surface area contributed by atoms with Gasteiger partial charge in [0.15, 0.2) is 0 Å². The molecule has 1 unspecified atom stereocenters. The topological polar surface area (TPSA) is 79.1 Å². The standard InChI is InChI=1S/C17H15ClN2O2/c18-12-6-11-7-15(10-4-2-1-3-5-10)20-16(11)13(8-12)14(9-19)17(21)22/h1-8,14,20H,9,19H2,(H,21,22). The molecule has 1 heterocycles. The van der Waals surface area contributed by atoms with Crippen LogP contribution >= 0.6 is 11.6 Å². The molecule has 0 radical (unpaired) electrons. The van der Waals surface area contributed by atoms with Crippen LogP contribution in [0.3, 0.4) is 0 Å². The number of benzene rings is 2. The first-order valence-electron chi connectivity index (χ1n) is 6.90. The molecule has 2 aromatic carbocycles. The van der Waals surface area contributed by atoms with Gasteiger partial charge in [-0.3, -0.25) is 4.79 Å². The summed E-state index contributed by atoms with van der Waals surface area (Å²) in [6.07, 6.45) is 0. The SMILES string of the molecule is NCC(C(=O)O)c1cc(Cl)cc2cc(-c3ccccc3)[nH]c12. The summed E-state index contributed by atoms with van der Waals surface area (Å²) in [5.41, 5.74) is 8.95. The van der Waals surface area contributed by atoms with Crippen LogP contribution in [0.2, 0.25) is 5.02 Å². The maximum atomic E-state index is 11.4. The molecule has 0 amide bonds. The number of carboxylic acids is 1. The third kappa shape index (κ3) is 2.58. The molecular weight excluding hydrogens is 300 g/mol. The van der Waals surface area contributed by atoms with E-state index < -0.39 is 11.9 Å². The van der Waals surface area contributed by atoms with E-state index in [1.54, 1.807) is 6.07 Å². The van der Waals surface area contributed by atoms with E-state index in [0.29, 0.717) is 10.6 Å². The van der Waals surface area contributed by atoms with Crippen LogP contribution in [0.5, 0.6) is 0 Å². The van der Waals surface area contributed by atoms with E-state index >= 15 is 0 Å². The van der Waals surface area contributed by atoms with Gasteiger partial charge in [0.1, 0.15) is 0 Å². The number of nitrogens with one attached hydrogen (secondary N) is 1. The average Bonchev–Trinajstić information content (AvgIpc) is 2.92. The van der Waals surface area contributed by atoms with E-state index in [1.165, 1.54) is 0 Å². The first kappa shape index (κ1) is 14.6. The Kier molecular flexibility index (Phi) is 3.88. The Morgan fingerprint density at radius 2 is 1.95 bits per heavy atom. The first-order chi connectivity index (χ1) is 10.6. The quantitative estimate of drug-likeness (QED) is 0.688. The van der Waals surface area contributed by atoms with E-state index in [4.69, 9.17) is 17.3 Å². The van der Waals surface area contributed by atoms with Crippen LogP contribution in [-0.2, 0) is 4.79 Å². The highest BCUT2D eigenvalue weighted by atomic mass is 35.5. The number of halogens is 1. The summed E-state index contributed by atoms with van der Waals surface area (Å²) >= 11 is 6.14. The molecule has 4 nitrogen and oxygen atoms in total. The molecule has 0 aliphatic carbocycles. The minimum absolute atomic E-state index is 0.0183. The molecule has 0 bridgehead atoms. The molecule has 0 saturated carbocycles. The van der Waals surface area contributed by atoms with Crippen LogP contribution in [0.15, 0.2) is 48.5 Å². The molecule has 0 spiro atoms. The fraction of sp³-hybridized carbons (Fsp3) is 0.118. The molecule has 3 rings (SSSR count). The lowest BCUT2D eigenvalue weighted by atomic mass is 9.97. The first-order valence-corrected chi connectivity index (χ1v) is 7.28. The predicted octanol–water partition coefficient (Wildman–Crippen LogP) is 3.62. The summed E-state index contributed by atoms with van der Waals surface area (Å²) < 4.78 is 0. The summed E-state index contributed by atoms with van der Waals surface area (Å²) in [5, 5.41) is 10.7. The van der Waals surface area contributed by atoms with Gasteiger partial charge in [0.2, 0.25) is 0 Å². The number of nitrogens with two attached hydrogens (primary N) is 1. The van der Waals surface area contributed by atoms with Gasteiger partial charge >= 0.3 is 5.97 Å². The Balaban J connectivity index is 2.21. The van der Waals surface area contributed by atoms with Gasteiger partial charge in [-0.05, 0) is 29.3 Å². The fourth-order valence-electron chi connectivity index (χ4n) is 2.64. The van der Waals surface area contributed by atoms with E-state index in [9.17, 15) is 9.90 Å². The van der Waals surface area contributed by atoms with Crippen molar-refractivity contribution in [3.63, 3.8) is 0 Å². The summed E-state index contributed by atoms with van der Waals surface area (Å²) in [6, 6.07) is 15.3. The van der Waals surface area contributed by atoms with Crippen molar-refractivity contribution in [3.8, 4) is 11.3 Å². The van der Waals surface area contributed by atoms with E-state index in [-0.39, 0.29) is 6.54 Å². The van der Waals surface area contributed by atoms with Crippen LogP contribution in [0.1, 0.15) is 11.5 Å². The number of carbonyl (C=O) groups is 1.